The van der Waals surface area contributed by atoms with Crippen LogP contribution >= 0.6 is 0 Å². The maximum Gasteiger partial charge on any atom is 0.258 e. The molecule has 0 saturated heterocycles. The van der Waals surface area contributed by atoms with E-state index in [4.69, 9.17) is 5.73 Å². The highest BCUT2D eigenvalue weighted by molar-refractivity contribution is 6.32. The Hall–Kier alpha value is -2.46. The number of para-hydroxylation sites is 1. The molecule has 3 nitrogen and oxygen atoms in total. The van der Waals surface area contributed by atoms with E-state index >= 15 is 0 Å². The summed E-state index contributed by atoms with van der Waals surface area (Å²) >= 11 is 0. The van der Waals surface area contributed by atoms with Crippen LogP contribution in [0.4, 0.5) is 10.1 Å². The number of anilines is 1. The molecule has 3 rings (SSSR count). The molecular formula is C19H19FN2O. The number of nitrogens with zero attached hydrogens (tertiary/aromatic N) is 1. The number of allylic oxidation sites excluding steroid dienone is 1. The van der Waals surface area contributed by atoms with Crippen molar-refractivity contribution in [3.63, 3.8) is 0 Å². The fourth-order valence-corrected chi connectivity index (χ4v) is 2.89. The number of carbonyl (C=O) groups is 1. The van der Waals surface area contributed by atoms with E-state index in [0.717, 1.165) is 35.2 Å². The van der Waals surface area contributed by atoms with Gasteiger partial charge in [-0.1, -0.05) is 36.4 Å². The van der Waals surface area contributed by atoms with E-state index < -0.39 is 0 Å². The van der Waals surface area contributed by atoms with Gasteiger partial charge >= 0.3 is 0 Å². The summed E-state index contributed by atoms with van der Waals surface area (Å²) in [7, 11) is 0. The summed E-state index contributed by atoms with van der Waals surface area (Å²) in [5, 5.41) is 0. The fourth-order valence-electron chi connectivity index (χ4n) is 2.89. The minimum atomic E-state index is -0.232. The van der Waals surface area contributed by atoms with Gasteiger partial charge in [0.25, 0.3) is 5.91 Å². The first-order valence-electron chi connectivity index (χ1n) is 7.76. The molecule has 1 heterocycles. The second-order valence-corrected chi connectivity index (χ2v) is 5.55. The van der Waals surface area contributed by atoms with Crippen molar-refractivity contribution in [2.45, 2.75) is 12.8 Å². The first-order chi connectivity index (χ1) is 11.2. The number of amides is 1. The van der Waals surface area contributed by atoms with Gasteiger partial charge in [-0.3, -0.25) is 4.79 Å². The van der Waals surface area contributed by atoms with Crippen LogP contribution < -0.4 is 10.6 Å². The predicted molar refractivity (Wildman–Crippen MR) is 90.5 cm³/mol. The lowest BCUT2D eigenvalue weighted by molar-refractivity contribution is -0.113. The molecule has 0 aromatic heterocycles. The molecule has 0 radical (unpaired) electrons. The van der Waals surface area contributed by atoms with E-state index in [1.807, 2.05) is 30.3 Å². The Balaban J connectivity index is 1.79. The minimum Gasteiger partial charge on any atom is -0.329 e. The molecule has 0 atom stereocenters. The molecule has 2 aromatic rings. The summed E-state index contributed by atoms with van der Waals surface area (Å²) < 4.78 is 12.9. The number of nitrogens with two attached hydrogens (primary N) is 1. The van der Waals surface area contributed by atoms with Crippen molar-refractivity contribution in [2.75, 3.05) is 18.0 Å². The summed E-state index contributed by atoms with van der Waals surface area (Å²) in [6, 6.07) is 14.3. The van der Waals surface area contributed by atoms with E-state index in [-0.39, 0.29) is 11.7 Å². The second-order valence-electron chi connectivity index (χ2n) is 5.55. The van der Waals surface area contributed by atoms with Gasteiger partial charge < -0.3 is 10.6 Å². The number of benzene rings is 2. The third-order valence-corrected chi connectivity index (χ3v) is 4.01. The van der Waals surface area contributed by atoms with Crippen molar-refractivity contribution in [3.05, 3.63) is 71.6 Å². The highest BCUT2D eigenvalue weighted by Gasteiger charge is 2.30. The quantitative estimate of drug-likeness (QED) is 0.862. The van der Waals surface area contributed by atoms with Crippen LogP contribution in [0.3, 0.4) is 0 Å². The SMILES string of the molecule is NCCN1C(=O)C(=CCCc2ccc(F)cc2)c2ccccc21. The van der Waals surface area contributed by atoms with Gasteiger partial charge in [0.1, 0.15) is 5.82 Å². The van der Waals surface area contributed by atoms with Gasteiger partial charge in [0.15, 0.2) is 0 Å². The first kappa shape index (κ1) is 15.4. The van der Waals surface area contributed by atoms with Crippen LogP contribution in [0.1, 0.15) is 17.5 Å². The first-order valence-corrected chi connectivity index (χ1v) is 7.76. The molecule has 0 spiro atoms. The Morgan fingerprint density at radius 1 is 1.09 bits per heavy atom. The predicted octanol–water partition coefficient (Wildman–Crippen LogP) is 3.15. The Morgan fingerprint density at radius 3 is 2.57 bits per heavy atom. The zero-order valence-electron chi connectivity index (χ0n) is 12.8. The van der Waals surface area contributed by atoms with Crippen molar-refractivity contribution < 1.29 is 9.18 Å². The molecule has 1 aliphatic rings. The van der Waals surface area contributed by atoms with Gasteiger partial charge in [-0.15, -0.1) is 0 Å². The number of carbonyl (C=O) groups excluding carboxylic acids is 1. The number of hydrogen-bond donors (Lipinski definition) is 1. The number of rotatable bonds is 5. The van der Waals surface area contributed by atoms with Crippen LogP contribution in [0.25, 0.3) is 5.57 Å². The zero-order valence-corrected chi connectivity index (χ0v) is 12.8. The van der Waals surface area contributed by atoms with Crippen molar-refractivity contribution >= 4 is 17.2 Å². The van der Waals surface area contributed by atoms with Crippen molar-refractivity contribution in [3.8, 4) is 0 Å². The van der Waals surface area contributed by atoms with Crippen molar-refractivity contribution in [2.24, 2.45) is 5.73 Å². The van der Waals surface area contributed by atoms with Crippen LogP contribution in [0, 0.1) is 5.82 Å². The summed E-state index contributed by atoms with van der Waals surface area (Å²) in [6.07, 6.45) is 3.48. The molecule has 0 fully saturated rings. The lowest BCUT2D eigenvalue weighted by atomic mass is 10.0. The maximum absolute atomic E-state index is 12.9. The maximum atomic E-state index is 12.9. The topological polar surface area (TPSA) is 46.3 Å². The molecule has 118 valence electrons. The van der Waals surface area contributed by atoms with E-state index in [2.05, 4.69) is 0 Å². The van der Waals surface area contributed by atoms with Gasteiger partial charge in [-0.25, -0.2) is 4.39 Å². The van der Waals surface area contributed by atoms with E-state index in [9.17, 15) is 9.18 Å². The molecule has 1 aliphatic heterocycles. The number of aryl methyl sites for hydroxylation is 1. The van der Waals surface area contributed by atoms with Crippen molar-refractivity contribution in [1.82, 2.24) is 0 Å². The lowest BCUT2D eigenvalue weighted by Gasteiger charge is -2.15. The highest BCUT2D eigenvalue weighted by Crippen LogP contribution is 2.36. The molecule has 0 unspecified atom stereocenters. The molecular weight excluding hydrogens is 291 g/mol. The van der Waals surface area contributed by atoms with Crippen LogP contribution in [-0.4, -0.2) is 19.0 Å². The molecule has 0 saturated carbocycles. The van der Waals surface area contributed by atoms with Crippen molar-refractivity contribution in [1.29, 1.82) is 0 Å². The monoisotopic (exact) mass is 310 g/mol. The molecule has 0 aliphatic carbocycles. The molecule has 2 aromatic carbocycles. The minimum absolute atomic E-state index is 0.00996. The molecule has 4 heteroatoms. The fraction of sp³-hybridized carbons (Fsp3) is 0.211. The molecule has 1 amide bonds. The standard InChI is InChI=1S/C19H19FN2O/c20-15-10-8-14(9-11-15)4-3-6-17-16-5-1-2-7-18(16)22(13-12-21)19(17)23/h1-2,5-11H,3-4,12-13,21H2. The van der Waals surface area contributed by atoms with Crippen LogP contribution in [-0.2, 0) is 11.2 Å². The number of halogens is 1. The average Bonchev–Trinajstić information content (AvgIpc) is 2.83. The Bertz CT molecular complexity index is 737. The van der Waals surface area contributed by atoms with Gasteiger partial charge in [0.2, 0.25) is 0 Å². The summed E-state index contributed by atoms with van der Waals surface area (Å²) in [6.45, 7) is 0.952. The van der Waals surface area contributed by atoms with Crippen LogP contribution in [0.5, 0.6) is 0 Å². The van der Waals surface area contributed by atoms with Gasteiger partial charge in [-0.05, 0) is 36.6 Å². The van der Waals surface area contributed by atoms with Gasteiger partial charge in [0, 0.05) is 24.2 Å². The third kappa shape index (κ3) is 3.17. The zero-order chi connectivity index (χ0) is 16.2. The third-order valence-electron chi connectivity index (χ3n) is 4.01. The molecule has 0 bridgehead atoms. The molecule has 2 N–H and O–H groups in total. The smallest absolute Gasteiger partial charge is 0.258 e. The van der Waals surface area contributed by atoms with E-state index in [0.29, 0.717) is 13.1 Å². The largest absolute Gasteiger partial charge is 0.329 e. The summed E-state index contributed by atoms with van der Waals surface area (Å²) in [5.74, 6) is -0.222. The highest BCUT2D eigenvalue weighted by atomic mass is 19.1. The normalized spacial score (nSPS) is 15.3. The van der Waals surface area contributed by atoms with E-state index in [1.54, 1.807) is 17.0 Å². The second kappa shape index (κ2) is 6.75. The lowest BCUT2D eigenvalue weighted by Crippen LogP contribution is -2.31. The summed E-state index contributed by atoms with van der Waals surface area (Å²) in [5.41, 5.74) is 9.30. The Kier molecular flexibility index (Phi) is 4.53. The average molecular weight is 310 g/mol. The van der Waals surface area contributed by atoms with Gasteiger partial charge in [-0.2, -0.15) is 0 Å². The number of fused-ring (bicyclic) bond motifs is 1. The van der Waals surface area contributed by atoms with Crippen LogP contribution in [0.15, 0.2) is 54.6 Å². The number of hydrogen-bond acceptors (Lipinski definition) is 2. The Morgan fingerprint density at radius 2 is 1.83 bits per heavy atom. The van der Waals surface area contributed by atoms with Gasteiger partial charge in [0.05, 0.1) is 5.69 Å². The summed E-state index contributed by atoms with van der Waals surface area (Å²) in [4.78, 5) is 14.3. The Labute approximate surface area is 135 Å². The van der Waals surface area contributed by atoms with Crippen LogP contribution in [0.2, 0.25) is 0 Å². The molecule has 23 heavy (non-hydrogen) atoms. The van der Waals surface area contributed by atoms with E-state index in [1.165, 1.54) is 12.1 Å².